The Morgan fingerprint density at radius 3 is 2.76 bits per heavy atom. The van der Waals surface area contributed by atoms with Crippen molar-refractivity contribution in [1.29, 1.82) is 0 Å². The third kappa shape index (κ3) is 2.65. The van der Waals surface area contributed by atoms with Crippen LogP contribution in [0, 0.1) is 11.6 Å². The summed E-state index contributed by atoms with van der Waals surface area (Å²) >= 11 is 0. The number of halogens is 2. The van der Waals surface area contributed by atoms with Crippen molar-refractivity contribution in [3.63, 3.8) is 0 Å². The van der Waals surface area contributed by atoms with Crippen molar-refractivity contribution in [2.75, 3.05) is 6.54 Å². The summed E-state index contributed by atoms with van der Waals surface area (Å²) in [6.45, 7) is 1.23. The molecule has 0 aliphatic rings. The Hall–Kier alpha value is -1.82. The Bertz CT molecular complexity index is 510. The minimum atomic E-state index is -0.890. The second kappa shape index (κ2) is 5.01. The summed E-state index contributed by atoms with van der Waals surface area (Å²) in [5.41, 5.74) is 6.40. The Morgan fingerprint density at radius 1 is 1.24 bits per heavy atom. The fourth-order valence-electron chi connectivity index (χ4n) is 1.45. The van der Waals surface area contributed by atoms with Crippen LogP contribution in [0.15, 0.2) is 24.4 Å². The number of aryl methyl sites for hydroxylation is 1. The van der Waals surface area contributed by atoms with Crippen LogP contribution in [-0.2, 0) is 6.54 Å². The molecule has 0 aliphatic carbocycles. The first kappa shape index (κ1) is 11.7. The van der Waals surface area contributed by atoms with E-state index in [2.05, 4.69) is 10.3 Å². The van der Waals surface area contributed by atoms with Gasteiger partial charge in [0.15, 0.2) is 11.6 Å². The number of nitrogens with two attached hydrogens (primary N) is 1. The predicted molar refractivity (Wildman–Crippen MR) is 59.0 cm³/mol. The zero-order chi connectivity index (χ0) is 12.3. The van der Waals surface area contributed by atoms with Crippen molar-refractivity contribution in [1.82, 2.24) is 15.0 Å². The molecule has 6 heteroatoms. The summed E-state index contributed by atoms with van der Waals surface area (Å²) < 4.78 is 27.4. The van der Waals surface area contributed by atoms with E-state index in [0.717, 1.165) is 18.6 Å². The van der Waals surface area contributed by atoms with E-state index in [9.17, 15) is 8.78 Å². The van der Waals surface area contributed by atoms with E-state index in [0.29, 0.717) is 24.3 Å². The van der Waals surface area contributed by atoms with Crippen molar-refractivity contribution in [3.05, 3.63) is 36.0 Å². The van der Waals surface area contributed by atoms with Gasteiger partial charge in [-0.2, -0.15) is 0 Å². The fourth-order valence-corrected chi connectivity index (χ4v) is 1.45. The molecule has 1 aromatic heterocycles. The highest BCUT2D eigenvalue weighted by Crippen LogP contribution is 2.18. The number of hydrogen-bond acceptors (Lipinski definition) is 3. The van der Waals surface area contributed by atoms with Crippen LogP contribution < -0.4 is 5.73 Å². The number of nitrogens with zero attached hydrogens (tertiary/aromatic N) is 3. The highest BCUT2D eigenvalue weighted by molar-refractivity contribution is 5.57. The summed E-state index contributed by atoms with van der Waals surface area (Å²) in [7, 11) is 0. The van der Waals surface area contributed by atoms with E-state index < -0.39 is 11.6 Å². The van der Waals surface area contributed by atoms with Gasteiger partial charge in [-0.05, 0) is 31.2 Å². The quantitative estimate of drug-likeness (QED) is 0.879. The number of rotatable bonds is 4. The maximum atomic E-state index is 13.0. The van der Waals surface area contributed by atoms with E-state index in [1.807, 2.05) is 0 Å². The largest absolute Gasteiger partial charge is 0.330 e. The first-order valence-electron chi connectivity index (χ1n) is 5.26. The molecule has 1 heterocycles. The van der Waals surface area contributed by atoms with Gasteiger partial charge in [-0.3, -0.25) is 4.68 Å². The van der Waals surface area contributed by atoms with Gasteiger partial charge in [0, 0.05) is 12.1 Å². The molecule has 0 unspecified atom stereocenters. The van der Waals surface area contributed by atoms with Crippen LogP contribution >= 0.6 is 0 Å². The SMILES string of the molecule is NCCCn1cc(-c2ccc(F)c(F)c2)nn1. The summed E-state index contributed by atoms with van der Waals surface area (Å²) in [6, 6.07) is 3.64. The molecular formula is C11H12F2N4. The van der Waals surface area contributed by atoms with E-state index in [4.69, 9.17) is 5.73 Å². The summed E-state index contributed by atoms with van der Waals surface area (Å²) in [4.78, 5) is 0. The van der Waals surface area contributed by atoms with Crippen molar-refractivity contribution >= 4 is 0 Å². The lowest BCUT2D eigenvalue weighted by Crippen LogP contribution is -2.06. The molecule has 0 saturated heterocycles. The monoisotopic (exact) mass is 238 g/mol. The standard InChI is InChI=1S/C11H12F2N4/c12-9-3-2-8(6-10(9)13)11-7-17(16-15-11)5-1-4-14/h2-3,6-7H,1,4-5,14H2. The summed E-state index contributed by atoms with van der Waals surface area (Å²) in [5, 5.41) is 7.77. The highest BCUT2D eigenvalue weighted by atomic mass is 19.2. The Balaban J connectivity index is 2.21. The second-order valence-corrected chi connectivity index (χ2v) is 3.64. The smallest absolute Gasteiger partial charge is 0.159 e. The lowest BCUT2D eigenvalue weighted by Gasteiger charge is -1.97. The van der Waals surface area contributed by atoms with Gasteiger partial charge in [0.25, 0.3) is 0 Å². The van der Waals surface area contributed by atoms with Crippen LogP contribution in [0.25, 0.3) is 11.3 Å². The van der Waals surface area contributed by atoms with E-state index in [1.165, 1.54) is 6.07 Å². The number of hydrogen-bond donors (Lipinski definition) is 1. The molecule has 2 N–H and O–H groups in total. The molecule has 0 bridgehead atoms. The lowest BCUT2D eigenvalue weighted by atomic mass is 10.1. The second-order valence-electron chi connectivity index (χ2n) is 3.64. The molecule has 0 radical (unpaired) electrons. The first-order chi connectivity index (χ1) is 8.20. The molecule has 2 aromatic rings. The molecule has 0 saturated carbocycles. The zero-order valence-corrected chi connectivity index (χ0v) is 9.11. The average molecular weight is 238 g/mol. The molecule has 90 valence electrons. The van der Waals surface area contributed by atoms with Crippen LogP contribution in [0.2, 0.25) is 0 Å². The molecule has 0 amide bonds. The van der Waals surface area contributed by atoms with E-state index in [-0.39, 0.29) is 0 Å². The van der Waals surface area contributed by atoms with Gasteiger partial charge >= 0.3 is 0 Å². The van der Waals surface area contributed by atoms with Crippen molar-refractivity contribution in [2.24, 2.45) is 5.73 Å². The van der Waals surface area contributed by atoms with Crippen LogP contribution in [0.1, 0.15) is 6.42 Å². The maximum absolute atomic E-state index is 13.0. The van der Waals surface area contributed by atoms with Gasteiger partial charge in [-0.1, -0.05) is 5.21 Å². The highest BCUT2D eigenvalue weighted by Gasteiger charge is 2.07. The summed E-state index contributed by atoms with van der Waals surface area (Å²) in [6.07, 6.45) is 2.48. The van der Waals surface area contributed by atoms with Crippen LogP contribution in [0.4, 0.5) is 8.78 Å². The average Bonchev–Trinajstić information content (AvgIpc) is 2.79. The predicted octanol–water partition coefficient (Wildman–Crippen LogP) is 1.57. The van der Waals surface area contributed by atoms with Gasteiger partial charge in [0.05, 0.1) is 6.20 Å². The van der Waals surface area contributed by atoms with Crippen molar-refractivity contribution in [2.45, 2.75) is 13.0 Å². The van der Waals surface area contributed by atoms with E-state index >= 15 is 0 Å². The molecule has 2 rings (SSSR count). The Labute approximate surface area is 97.0 Å². The zero-order valence-electron chi connectivity index (χ0n) is 9.11. The van der Waals surface area contributed by atoms with Crippen LogP contribution in [-0.4, -0.2) is 21.5 Å². The lowest BCUT2D eigenvalue weighted by molar-refractivity contribution is 0.509. The molecule has 0 atom stereocenters. The molecule has 1 aromatic carbocycles. The number of benzene rings is 1. The van der Waals surface area contributed by atoms with Gasteiger partial charge in [-0.25, -0.2) is 8.78 Å². The third-order valence-corrected chi connectivity index (χ3v) is 2.35. The van der Waals surface area contributed by atoms with Crippen molar-refractivity contribution in [3.8, 4) is 11.3 Å². The third-order valence-electron chi connectivity index (χ3n) is 2.35. The minimum absolute atomic E-state index is 0.503. The first-order valence-corrected chi connectivity index (χ1v) is 5.26. The van der Waals surface area contributed by atoms with Crippen molar-refractivity contribution < 1.29 is 8.78 Å². The molecular weight excluding hydrogens is 226 g/mol. The van der Waals surface area contributed by atoms with Gasteiger partial charge in [0.2, 0.25) is 0 Å². The minimum Gasteiger partial charge on any atom is -0.330 e. The molecule has 4 nitrogen and oxygen atoms in total. The van der Waals surface area contributed by atoms with E-state index in [1.54, 1.807) is 10.9 Å². The fraction of sp³-hybridized carbons (Fsp3) is 0.273. The maximum Gasteiger partial charge on any atom is 0.159 e. The van der Waals surface area contributed by atoms with Gasteiger partial charge < -0.3 is 5.73 Å². The summed E-state index contributed by atoms with van der Waals surface area (Å²) in [5.74, 6) is -1.76. The van der Waals surface area contributed by atoms with Gasteiger partial charge in [-0.15, -0.1) is 5.10 Å². The van der Waals surface area contributed by atoms with Gasteiger partial charge in [0.1, 0.15) is 5.69 Å². The molecule has 0 fully saturated rings. The molecule has 17 heavy (non-hydrogen) atoms. The Kier molecular flexibility index (Phi) is 3.43. The van der Waals surface area contributed by atoms with Crippen LogP contribution in [0.5, 0.6) is 0 Å². The molecule has 0 aliphatic heterocycles. The molecule has 0 spiro atoms. The number of aromatic nitrogens is 3. The topological polar surface area (TPSA) is 56.7 Å². The van der Waals surface area contributed by atoms with Crippen LogP contribution in [0.3, 0.4) is 0 Å². The normalized spacial score (nSPS) is 10.8. The Morgan fingerprint density at radius 2 is 2.06 bits per heavy atom.